The molecular weight excluding hydrogens is 337 g/mol. The van der Waals surface area contributed by atoms with Crippen LogP contribution in [0.2, 0.25) is 10.0 Å². The number of halogens is 2. The number of nitrogens with two attached hydrogens (primary N) is 1. The van der Waals surface area contributed by atoms with E-state index in [2.05, 4.69) is 10.3 Å². The summed E-state index contributed by atoms with van der Waals surface area (Å²) >= 11 is 12.4. The molecule has 1 atom stereocenters. The van der Waals surface area contributed by atoms with Crippen molar-refractivity contribution in [2.75, 3.05) is 12.4 Å². The van der Waals surface area contributed by atoms with Gasteiger partial charge in [0, 0.05) is 10.6 Å². The van der Waals surface area contributed by atoms with Crippen LogP contribution < -0.4 is 15.8 Å². The van der Waals surface area contributed by atoms with Gasteiger partial charge < -0.3 is 15.8 Å². The Kier molecular flexibility index (Phi) is 4.26. The first-order valence-corrected chi connectivity index (χ1v) is 7.54. The molecule has 3 rings (SSSR count). The number of benzene rings is 2. The van der Waals surface area contributed by atoms with Crippen LogP contribution in [0, 0.1) is 0 Å². The number of aliphatic imine (C=N–C) groups is 1. The van der Waals surface area contributed by atoms with E-state index in [1.165, 1.54) is 7.11 Å². The highest BCUT2D eigenvalue weighted by atomic mass is 35.5. The van der Waals surface area contributed by atoms with Gasteiger partial charge in [0.1, 0.15) is 5.75 Å². The zero-order valence-corrected chi connectivity index (χ0v) is 13.7. The van der Waals surface area contributed by atoms with Crippen LogP contribution >= 0.6 is 23.2 Å². The van der Waals surface area contributed by atoms with Gasteiger partial charge in [0.2, 0.25) is 0 Å². The molecule has 5 nitrogen and oxygen atoms in total. The fourth-order valence-electron chi connectivity index (χ4n) is 2.41. The van der Waals surface area contributed by atoms with Crippen LogP contribution in [0.15, 0.2) is 41.4 Å². The molecule has 2 aromatic rings. The van der Waals surface area contributed by atoms with Gasteiger partial charge in [-0.2, -0.15) is 0 Å². The van der Waals surface area contributed by atoms with Gasteiger partial charge in [-0.05, 0) is 18.2 Å². The number of para-hydroxylation sites is 1. The summed E-state index contributed by atoms with van der Waals surface area (Å²) in [4.78, 5) is 16.4. The number of hydrogen-bond donors (Lipinski definition) is 2. The standard InChI is InChI=1S/C16H13Cl2N3O2/c1-23-12-7-8(17)6-10(18)13(12)14-9-4-2-3-5-11(9)20-16(22)15(19)21-14/h2-7,15H,19H2,1H3,(H,20,22). The zero-order chi connectivity index (χ0) is 16.6. The van der Waals surface area contributed by atoms with Gasteiger partial charge in [0.15, 0.2) is 6.17 Å². The number of amides is 1. The minimum Gasteiger partial charge on any atom is -0.496 e. The predicted octanol–water partition coefficient (Wildman–Crippen LogP) is 3.08. The maximum absolute atomic E-state index is 12.0. The molecule has 0 bridgehead atoms. The number of ether oxygens (including phenoxy) is 1. The Morgan fingerprint density at radius 2 is 2.00 bits per heavy atom. The molecule has 0 aliphatic carbocycles. The summed E-state index contributed by atoms with van der Waals surface area (Å²) < 4.78 is 5.38. The first kappa shape index (κ1) is 15.8. The Balaban J connectivity index is 2.30. The summed E-state index contributed by atoms with van der Waals surface area (Å²) in [5.41, 5.74) is 8.18. The summed E-state index contributed by atoms with van der Waals surface area (Å²) in [5, 5.41) is 3.56. The smallest absolute Gasteiger partial charge is 0.263 e. The van der Waals surface area contributed by atoms with Crippen LogP contribution in [0.4, 0.5) is 5.69 Å². The average Bonchev–Trinajstić information content (AvgIpc) is 2.64. The number of benzodiazepines with no additional fused rings is 1. The van der Waals surface area contributed by atoms with Gasteiger partial charge in [-0.25, -0.2) is 0 Å². The maximum atomic E-state index is 12.0. The van der Waals surface area contributed by atoms with E-state index >= 15 is 0 Å². The normalized spacial score (nSPS) is 17.0. The Hall–Kier alpha value is -2.08. The van der Waals surface area contributed by atoms with E-state index in [9.17, 15) is 4.79 Å². The minimum absolute atomic E-state index is 0.365. The van der Waals surface area contributed by atoms with Crippen molar-refractivity contribution in [2.45, 2.75) is 6.17 Å². The third kappa shape index (κ3) is 2.91. The van der Waals surface area contributed by atoms with Gasteiger partial charge in [-0.3, -0.25) is 9.79 Å². The van der Waals surface area contributed by atoms with Crippen molar-refractivity contribution in [3.8, 4) is 5.75 Å². The van der Waals surface area contributed by atoms with Crippen LogP contribution in [0.5, 0.6) is 5.75 Å². The summed E-state index contributed by atoms with van der Waals surface area (Å²) in [7, 11) is 1.51. The third-order valence-corrected chi connectivity index (χ3v) is 3.97. The van der Waals surface area contributed by atoms with E-state index in [0.29, 0.717) is 38.3 Å². The number of carbonyl (C=O) groups excluding carboxylic acids is 1. The Morgan fingerprint density at radius 1 is 1.26 bits per heavy atom. The van der Waals surface area contributed by atoms with Crippen LogP contribution in [0.25, 0.3) is 0 Å². The Morgan fingerprint density at radius 3 is 2.74 bits per heavy atom. The molecule has 1 unspecified atom stereocenters. The largest absolute Gasteiger partial charge is 0.496 e. The number of nitrogens with one attached hydrogen (secondary N) is 1. The van der Waals surface area contributed by atoms with Crippen LogP contribution in [-0.4, -0.2) is 24.9 Å². The summed E-state index contributed by atoms with van der Waals surface area (Å²) in [5.74, 6) is 0.0640. The van der Waals surface area contributed by atoms with Gasteiger partial charge in [-0.15, -0.1) is 0 Å². The summed E-state index contributed by atoms with van der Waals surface area (Å²) in [6.45, 7) is 0. The van der Waals surface area contributed by atoms with Gasteiger partial charge in [-0.1, -0.05) is 41.4 Å². The Labute approximate surface area is 143 Å². The van der Waals surface area contributed by atoms with Crippen LogP contribution in [-0.2, 0) is 4.79 Å². The highest BCUT2D eigenvalue weighted by Crippen LogP contribution is 2.35. The first-order chi connectivity index (χ1) is 11.0. The number of anilines is 1. The monoisotopic (exact) mass is 349 g/mol. The molecule has 0 fully saturated rings. The highest BCUT2D eigenvalue weighted by Gasteiger charge is 2.26. The topological polar surface area (TPSA) is 76.7 Å². The van der Waals surface area contributed by atoms with Crippen molar-refractivity contribution < 1.29 is 9.53 Å². The van der Waals surface area contributed by atoms with Crippen molar-refractivity contribution in [3.05, 3.63) is 57.6 Å². The molecule has 0 spiro atoms. The molecular formula is C16H13Cl2N3O2. The fraction of sp³-hybridized carbons (Fsp3) is 0.125. The van der Waals surface area contributed by atoms with Crippen molar-refractivity contribution in [1.82, 2.24) is 0 Å². The van der Waals surface area contributed by atoms with Gasteiger partial charge in [0.25, 0.3) is 5.91 Å². The lowest BCUT2D eigenvalue weighted by molar-refractivity contribution is -0.117. The molecule has 2 aromatic carbocycles. The lowest BCUT2D eigenvalue weighted by atomic mass is 9.99. The maximum Gasteiger partial charge on any atom is 0.263 e. The van der Waals surface area contributed by atoms with Crippen molar-refractivity contribution in [3.63, 3.8) is 0 Å². The molecule has 7 heteroatoms. The lowest BCUT2D eigenvalue weighted by Crippen LogP contribution is -2.33. The van der Waals surface area contributed by atoms with Gasteiger partial charge >= 0.3 is 0 Å². The predicted molar refractivity (Wildman–Crippen MR) is 91.7 cm³/mol. The van der Waals surface area contributed by atoms with E-state index in [0.717, 1.165) is 0 Å². The fourth-order valence-corrected chi connectivity index (χ4v) is 2.98. The summed E-state index contributed by atoms with van der Waals surface area (Å²) in [6.07, 6.45) is -1.05. The first-order valence-electron chi connectivity index (χ1n) is 6.78. The minimum atomic E-state index is -1.05. The number of hydrogen-bond acceptors (Lipinski definition) is 4. The van der Waals surface area contributed by atoms with E-state index in [1.807, 2.05) is 18.2 Å². The second-order valence-electron chi connectivity index (χ2n) is 4.92. The van der Waals surface area contributed by atoms with Crippen molar-refractivity contribution >= 4 is 40.5 Å². The molecule has 0 saturated heterocycles. The van der Waals surface area contributed by atoms with Crippen LogP contribution in [0.3, 0.4) is 0 Å². The van der Waals surface area contributed by atoms with Crippen molar-refractivity contribution in [2.24, 2.45) is 10.7 Å². The second kappa shape index (κ2) is 6.20. The summed E-state index contributed by atoms with van der Waals surface area (Å²) in [6, 6.07) is 10.5. The van der Waals surface area contributed by atoms with E-state index in [-0.39, 0.29) is 0 Å². The lowest BCUT2D eigenvalue weighted by Gasteiger charge is -2.15. The quantitative estimate of drug-likeness (QED) is 0.874. The number of fused-ring (bicyclic) bond motifs is 1. The molecule has 23 heavy (non-hydrogen) atoms. The molecule has 0 saturated carbocycles. The second-order valence-corrected chi connectivity index (χ2v) is 5.77. The van der Waals surface area contributed by atoms with E-state index < -0.39 is 12.1 Å². The SMILES string of the molecule is COc1cc(Cl)cc(Cl)c1C1=NC(N)C(=O)Nc2ccccc21. The zero-order valence-electron chi connectivity index (χ0n) is 12.1. The molecule has 118 valence electrons. The number of nitrogens with zero attached hydrogens (tertiary/aromatic N) is 1. The molecule has 0 aromatic heterocycles. The Bertz CT molecular complexity index is 821. The third-order valence-electron chi connectivity index (χ3n) is 3.45. The number of rotatable bonds is 2. The average molecular weight is 350 g/mol. The van der Waals surface area contributed by atoms with Crippen LogP contribution in [0.1, 0.15) is 11.1 Å². The van der Waals surface area contributed by atoms with Gasteiger partial charge in [0.05, 0.1) is 29.1 Å². The molecule has 3 N–H and O–H groups in total. The van der Waals surface area contributed by atoms with E-state index in [1.54, 1.807) is 18.2 Å². The molecule has 1 amide bonds. The molecule has 1 aliphatic heterocycles. The molecule has 0 radical (unpaired) electrons. The van der Waals surface area contributed by atoms with E-state index in [4.69, 9.17) is 33.7 Å². The van der Waals surface area contributed by atoms with Crippen molar-refractivity contribution in [1.29, 1.82) is 0 Å². The molecule has 1 aliphatic rings. The highest BCUT2D eigenvalue weighted by molar-refractivity contribution is 6.39. The number of methoxy groups -OCH3 is 1. The molecule has 1 heterocycles. The number of carbonyl (C=O) groups is 1.